The van der Waals surface area contributed by atoms with Crippen LogP contribution in [-0.2, 0) is 9.53 Å². The van der Waals surface area contributed by atoms with E-state index in [1.807, 2.05) is 0 Å². The van der Waals surface area contributed by atoms with Gasteiger partial charge in [0.05, 0.1) is 11.9 Å². The van der Waals surface area contributed by atoms with Crippen molar-refractivity contribution < 1.29 is 9.53 Å². The molecular formula is C19H23N5O2S. The first kappa shape index (κ1) is 18.2. The molecule has 3 heterocycles. The average Bonchev–Trinajstić information content (AvgIpc) is 3.31. The minimum Gasteiger partial charge on any atom is -0.376 e. The number of ether oxygens (including phenoxy) is 1. The number of hydrogen-bond acceptors (Lipinski definition) is 6. The van der Waals surface area contributed by atoms with Crippen molar-refractivity contribution in [3.63, 3.8) is 0 Å². The van der Waals surface area contributed by atoms with E-state index in [9.17, 15) is 4.79 Å². The molecule has 27 heavy (non-hydrogen) atoms. The summed E-state index contributed by atoms with van der Waals surface area (Å²) in [5, 5.41) is 13.0. The van der Waals surface area contributed by atoms with E-state index < -0.39 is 0 Å². The standard InChI is InChI=1S/C19H23N5O2S/c1-11(2)12-5-6-15-14(8-12)17-18(21-15)22-19(24-23-17)27-10-16(25)20-9-13-4-3-7-26-13/h5-6,8,11,13H,3-4,7,9-10H2,1-2H3,(H,20,25)(H,21,22,24). The summed E-state index contributed by atoms with van der Waals surface area (Å²) in [7, 11) is 0. The molecule has 1 aromatic carbocycles. The molecule has 1 fully saturated rings. The molecule has 0 radical (unpaired) electrons. The van der Waals surface area contributed by atoms with E-state index in [-0.39, 0.29) is 17.8 Å². The van der Waals surface area contributed by atoms with E-state index in [2.05, 4.69) is 57.5 Å². The number of carbonyl (C=O) groups is 1. The topological polar surface area (TPSA) is 92.8 Å². The normalized spacial score (nSPS) is 17.2. The Labute approximate surface area is 161 Å². The van der Waals surface area contributed by atoms with Gasteiger partial charge in [0.25, 0.3) is 0 Å². The molecule has 142 valence electrons. The fourth-order valence-corrected chi connectivity index (χ4v) is 3.83. The van der Waals surface area contributed by atoms with Crippen LogP contribution in [0.3, 0.4) is 0 Å². The number of rotatable bonds is 6. The van der Waals surface area contributed by atoms with Crippen LogP contribution in [0.1, 0.15) is 38.2 Å². The van der Waals surface area contributed by atoms with E-state index in [0.29, 0.717) is 23.3 Å². The summed E-state index contributed by atoms with van der Waals surface area (Å²) < 4.78 is 5.51. The van der Waals surface area contributed by atoms with Crippen LogP contribution in [0.5, 0.6) is 0 Å². The molecule has 1 aliphatic heterocycles. The van der Waals surface area contributed by atoms with E-state index in [1.165, 1.54) is 17.3 Å². The highest BCUT2D eigenvalue weighted by atomic mass is 32.2. The Morgan fingerprint density at radius 1 is 1.41 bits per heavy atom. The van der Waals surface area contributed by atoms with Crippen LogP contribution >= 0.6 is 11.8 Å². The summed E-state index contributed by atoms with van der Waals surface area (Å²) in [6, 6.07) is 6.31. The fraction of sp³-hybridized carbons (Fsp3) is 0.474. The van der Waals surface area contributed by atoms with Crippen molar-refractivity contribution in [1.82, 2.24) is 25.5 Å². The molecule has 1 unspecified atom stereocenters. The number of amides is 1. The van der Waals surface area contributed by atoms with Crippen molar-refractivity contribution in [3.8, 4) is 0 Å². The summed E-state index contributed by atoms with van der Waals surface area (Å²) >= 11 is 1.29. The van der Waals surface area contributed by atoms with Crippen molar-refractivity contribution in [2.24, 2.45) is 0 Å². The van der Waals surface area contributed by atoms with Crippen LogP contribution < -0.4 is 5.32 Å². The summed E-state index contributed by atoms with van der Waals surface area (Å²) in [6.07, 6.45) is 2.23. The molecule has 8 heteroatoms. The van der Waals surface area contributed by atoms with Crippen LogP contribution in [0.25, 0.3) is 22.1 Å². The number of H-pyrrole nitrogens is 1. The van der Waals surface area contributed by atoms with Gasteiger partial charge in [-0.3, -0.25) is 4.79 Å². The van der Waals surface area contributed by atoms with Gasteiger partial charge in [0.15, 0.2) is 5.65 Å². The predicted molar refractivity (Wildman–Crippen MR) is 106 cm³/mol. The van der Waals surface area contributed by atoms with Gasteiger partial charge in [-0.25, -0.2) is 4.98 Å². The number of hydrogen-bond donors (Lipinski definition) is 2. The first-order valence-electron chi connectivity index (χ1n) is 9.27. The lowest BCUT2D eigenvalue weighted by atomic mass is 10.0. The molecule has 1 amide bonds. The molecule has 0 saturated carbocycles. The third kappa shape index (κ3) is 4.06. The fourth-order valence-electron chi connectivity index (χ4n) is 3.21. The van der Waals surface area contributed by atoms with Gasteiger partial charge in [-0.1, -0.05) is 31.7 Å². The molecule has 3 aromatic rings. The highest BCUT2D eigenvalue weighted by Crippen LogP contribution is 2.27. The van der Waals surface area contributed by atoms with Gasteiger partial charge in [0.2, 0.25) is 11.1 Å². The van der Waals surface area contributed by atoms with Crippen LogP contribution in [0.2, 0.25) is 0 Å². The molecule has 2 N–H and O–H groups in total. The molecule has 0 bridgehead atoms. The molecular weight excluding hydrogens is 362 g/mol. The highest BCUT2D eigenvalue weighted by Gasteiger charge is 2.17. The molecule has 1 atom stereocenters. The molecule has 7 nitrogen and oxygen atoms in total. The minimum atomic E-state index is -0.0441. The molecule has 1 aliphatic rings. The first-order valence-corrected chi connectivity index (χ1v) is 10.3. The Bertz CT molecular complexity index is 965. The second-order valence-electron chi connectivity index (χ2n) is 7.10. The third-order valence-electron chi connectivity index (χ3n) is 4.77. The van der Waals surface area contributed by atoms with Gasteiger partial charge in [-0.2, -0.15) is 0 Å². The Balaban J connectivity index is 1.43. The van der Waals surface area contributed by atoms with Crippen LogP contribution in [0.4, 0.5) is 0 Å². The minimum absolute atomic E-state index is 0.0441. The van der Waals surface area contributed by atoms with Gasteiger partial charge >= 0.3 is 0 Å². The zero-order valence-corrected chi connectivity index (χ0v) is 16.3. The van der Waals surface area contributed by atoms with E-state index in [4.69, 9.17) is 4.74 Å². The monoisotopic (exact) mass is 385 g/mol. The Morgan fingerprint density at radius 2 is 2.30 bits per heavy atom. The predicted octanol–water partition coefficient (Wildman–Crippen LogP) is 3.02. The lowest BCUT2D eigenvalue weighted by Crippen LogP contribution is -2.32. The number of carbonyl (C=O) groups excluding carboxylic acids is 1. The maximum Gasteiger partial charge on any atom is 0.230 e. The number of fused-ring (bicyclic) bond motifs is 3. The molecule has 0 spiro atoms. The Hall–Kier alpha value is -2.19. The number of thioether (sulfide) groups is 1. The van der Waals surface area contributed by atoms with Crippen molar-refractivity contribution in [2.75, 3.05) is 18.9 Å². The SMILES string of the molecule is CC(C)c1ccc2[nH]c3nc(SCC(=O)NCC4CCCO4)nnc3c2c1. The molecule has 1 saturated heterocycles. The highest BCUT2D eigenvalue weighted by molar-refractivity contribution is 7.99. The number of nitrogens with one attached hydrogen (secondary N) is 2. The van der Waals surface area contributed by atoms with Crippen LogP contribution in [-0.4, -0.2) is 51.1 Å². The third-order valence-corrected chi connectivity index (χ3v) is 5.61. The van der Waals surface area contributed by atoms with Gasteiger partial charge in [0.1, 0.15) is 5.52 Å². The lowest BCUT2D eigenvalue weighted by molar-refractivity contribution is -0.119. The number of aromatic amines is 1. The maximum atomic E-state index is 12.0. The lowest BCUT2D eigenvalue weighted by Gasteiger charge is -2.10. The van der Waals surface area contributed by atoms with Crippen molar-refractivity contribution >= 4 is 39.7 Å². The summed E-state index contributed by atoms with van der Waals surface area (Å²) in [5.41, 5.74) is 3.71. The number of benzene rings is 1. The van der Waals surface area contributed by atoms with Crippen molar-refractivity contribution in [1.29, 1.82) is 0 Å². The molecule has 0 aliphatic carbocycles. The van der Waals surface area contributed by atoms with Gasteiger partial charge in [-0.15, -0.1) is 10.2 Å². The zero-order chi connectivity index (χ0) is 18.8. The van der Waals surface area contributed by atoms with Crippen LogP contribution in [0.15, 0.2) is 23.4 Å². The summed E-state index contributed by atoms with van der Waals surface area (Å²) in [5.74, 6) is 0.665. The second kappa shape index (κ2) is 7.82. The second-order valence-corrected chi connectivity index (χ2v) is 8.05. The van der Waals surface area contributed by atoms with E-state index in [1.54, 1.807) is 0 Å². The summed E-state index contributed by atoms with van der Waals surface area (Å²) in [6.45, 7) is 5.69. The summed E-state index contributed by atoms with van der Waals surface area (Å²) in [4.78, 5) is 19.8. The Morgan fingerprint density at radius 3 is 3.07 bits per heavy atom. The van der Waals surface area contributed by atoms with Gasteiger partial charge < -0.3 is 15.0 Å². The van der Waals surface area contributed by atoms with Gasteiger partial charge in [-0.05, 0) is 36.5 Å². The maximum absolute atomic E-state index is 12.0. The largest absolute Gasteiger partial charge is 0.376 e. The van der Waals surface area contributed by atoms with Crippen molar-refractivity contribution in [2.45, 2.75) is 43.9 Å². The van der Waals surface area contributed by atoms with Gasteiger partial charge in [0, 0.05) is 24.1 Å². The zero-order valence-electron chi connectivity index (χ0n) is 15.5. The average molecular weight is 385 g/mol. The number of aromatic nitrogens is 4. The van der Waals surface area contributed by atoms with E-state index >= 15 is 0 Å². The molecule has 4 rings (SSSR count). The van der Waals surface area contributed by atoms with Crippen molar-refractivity contribution in [3.05, 3.63) is 23.8 Å². The smallest absolute Gasteiger partial charge is 0.230 e. The quantitative estimate of drug-likeness (QED) is 0.634. The van der Waals surface area contributed by atoms with Crippen LogP contribution in [0, 0.1) is 0 Å². The number of nitrogens with zero attached hydrogens (tertiary/aromatic N) is 3. The first-order chi connectivity index (χ1) is 13.1. The molecule has 2 aromatic heterocycles. The van der Waals surface area contributed by atoms with E-state index in [0.717, 1.165) is 35.9 Å². The Kier molecular flexibility index (Phi) is 5.27.